The van der Waals surface area contributed by atoms with E-state index in [1.165, 1.54) is 0 Å². The first-order chi connectivity index (χ1) is 6.88. The highest BCUT2D eigenvalue weighted by Gasteiger charge is 2.21. The Morgan fingerprint density at radius 1 is 1.47 bits per heavy atom. The Hall–Kier alpha value is -0.500. The summed E-state index contributed by atoms with van der Waals surface area (Å²) in [6.45, 7) is 9.65. The van der Waals surface area contributed by atoms with Gasteiger partial charge in [0.1, 0.15) is 11.9 Å². The number of ether oxygens (including phenoxy) is 1. The van der Waals surface area contributed by atoms with Crippen LogP contribution in [0.3, 0.4) is 0 Å². The lowest BCUT2D eigenvalue weighted by atomic mass is 9.83. The van der Waals surface area contributed by atoms with Crippen LogP contribution in [0.4, 0.5) is 0 Å². The quantitative estimate of drug-likeness (QED) is 0.776. The van der Waals surface area contributed by atoms with Gasteiger partial charge in [0, 0.05) is 6.42 Å². The lowest BCUT2D eigenvalue weighted by Crippen LogP contribution is -2.19. The van der Waals surface area contributed by atoms with Crippen molar-refractivity contribution in [3.63, 3.8) is 0 Å². The van der Waals surface area contributed by atoms with Gasteiger partial charge in [-0.05, 0) is 30.3 Å². The predicted molar refractivity (Wildman–Crippen MR) is 62.5 cm³/mol. The average Bonchev–Trinajstić information content (AvgIpc) is 2.50. The summed E-state index contributed by atoms with van der Waals surface area (Å²) in [5.41, 5.74) is 0.337. The summed E-state index contributed by atoms with van der Waals surface area (Å²) in [5, 5.41) is 9.92. The van der Waals surface area contributed by atoms with Gasteiger partial charge in [0.25, 0.3) is 0 Å². The number of hydrogen-bond acceptors (Lipinski definition) is 2. The molecule has 1 aliphatic rings. The smallest absolute Gasteiger partial charge is 0.121 e. The van der Waals surface area contributed by atoms with Crippen LogP contribution in [0, 0.1) is 11.3 Å². The average molecular weight is 212 g/mol. The molecule has 2 unspecified atom stereocenters. The van der Waals surface area contributed by atoms with E-state index in [0.29, 0.717) is 11.3 Å². The maximum absolute atomic E-state index is 9.92. The molecule has 88 valence electrons. The fourth-order valence-electron chi connectivity index (χ4n) is 2.30. The number of hydrogen-bond donors (Lipinski definition) is 1. The Morgan fingerprint density at radius 3 is 2.60 bits per heavy atom. The number of aliphatic hydroxyl groups is 1. The standard InChI is InChI=1S/C13H24O2/c1-10(9-13(2,3)4)8-11(14)12-6-5-7-15-12/h6,10-11,14H,5,7-9H2,1-4H3. The Labute approximate surface area is 93.3 Å². The molecule has 1 N–H and O–H groups in total. The second kappa shape index (κ2) is 5.02. The van der Waals surface area contributed by atoms with Crippen LogP contribution in [0.2, 0.25) is 0 Å². The van der Waals surface area contributed by atoms with Crippen LogP contribution in [0.1, 0.15) is 47.0 Å². The Bertz CT molecular complexity index is 225. The van der Waals surface area contributed by atoms with Crippen molar-refractivity contribution >= 4 is 0 Å². The lowest BCUT2D eigenvalue weighted by molar-refractivity contribution is 0.0942. The summed E-state index contributed by atoms with van der Waals surface area (Å²) in [6.07, 6.45) is 4.50. The molecule has 0 radical (unpaired) electrons. The van der Waals surface area contributed by atoms with Crippen molar-refractivity contribution in [2.75, 3.05) is 6.61 Å². The molecule has 2 heteroatoms. The topological polar surface area (TPSA) is 29.5 Å². The first kappa shape index (κ1) is 12.6. The van der Waals surface area contributed by atoms with E-state index in [9.17, 15) is 5.11 Å². The van der Waals surface area contributed by atoms with Crippen molar-refractivity contribution in [1.29, 1.82) is 0 Å². The molecule has 2 nitrogen and oxygen atoms in total. The van der Waals surface area contributed by atoms with Crippen LogP contribution in [0.25, 0.3) is 0 Å². The molecular formula is C13H24O2. The molecule has 0 spiro atoms. The SMILES string of the molecule is CC(CC(O)C1=CCCO1)CC(C)(C)C. The van der Waals surface area contributed by atoms with Crippen molar-refractivity contribution in [1.82, 2.24) is 0 Å². The molecule has 0 aromatic rings. The molecular weight excluding hydrogens is 188 g/mol. The maximum Gasteiger partial charge on any atom is 0.121 e. The third-order valence-electron chi connectivity index (χ3n) is 2.65. The second-order valence-corrected chi connectivity index (χ2v) is 5.87. The van der Waals surface area contributed by atoms with Crippen molar-refractivity contribution in [3.8, 4) is 0 Å². The number of aliphatic hydroxyl groups excluding tert-OH is 1. The highest BCUT2D eigenvalue weighted by Crippen LogP contribution is 2.28. The summed E-state index contributed by atoms with van der Waals surface area (Å²) in [7, 11) is 0. The van der Waals surface area contributed by atoms with Gasteiger partial charge in [0.2, 0.25) is 0 Å². The molecule has 0 aromatic heterocycles. The molecule has 15 heavy (non-hydrogen) atoms. The van der Waals surface area contributed by atoms with Crippen LogP contribution < -0.4 is 0 Å². The van der Waals surface area contributed by atoms with E-state index in [-0.39, 0.29) is 0 Å². The van der Waals surface area contributed by atoms with Crippen molar-refractivity contribution in [2.24, 2.45) is 11.3 Å². The van der Waals surface area contributed by atoms with Crippen LogP contribution >= 0.6 is 0 Å². The molecule has 0 saturated carbocycles. The normalized spacial score (nSPS) is 20.7. The summed E-state index contributed by atoms with van der Waals surface area (Å²) >= 11 is 0. The number of rotatable bonds is 4. The van der Waals surface area contributed by atoms with E-state index < -0.39 is 6.10 Å². The van der Waals surface area contributed by atoms with Gasteiger partial charge in [-0.3, -0.25) is 0 Å². The highest BCUT2D eigenvalue weighted by atomic mass is 16.5. The minimum Gasteiger partial charge on any atom is -0.495 e. The van der Waals surface area contributed by atoms with Gasteiger partial charge in [-0.1, -0.05) is 27.7 Å². The molecule has 0 amide bonds. The molecule has 1 heterocycles. The van der Waals surface area contributed by atoms with E-state index in [0.717, 1.165) is 31.6 Å². The monoisotopic (exact) mass is 212 g/mol. The van der Waals surface area contributed by atoms with Crippen LogP contribution in [-0.4, -0.2) is 17.8 Å². The molecule has 2 atom stereocenters. The van der Waals surface area contributed by atoms with E-state index in [1.54, 1.807) is 0 Å². The van der Waals surface area contributed by atoms with Gasteiger partial charge in [-0.25, -0.2) is 0 Å². The van der Waals surface area contributed by atoms with Crippen molar-refractivity contribution in [2.45, 2.75) is 53.1 Å². The molecule has 1 aliphatic heterocycles. The second-order valence-electron chi connectivity index (χ2n) is 5.87. The Balaban J connectivity index is 2.34. The predicted octanol–water partition coefficient (Wildman–Crippen LogP) is 3.11. The van der Waals surface area contributed by atoms with E-state index in [2.05, 4.69) is 27.7 Å². The third-order valence-corrected chi connectivity index (χ3v) is 2.65. The lowest BCUT2D eigenvalue weighted by Gasteiger charge is -2.25. The van der Waals surface area contributed by atoms with E-state index in [4.69, 9.17) is 4.74 Å². The van der Waals surface area contributed by atoms with Gasteiger partial charge >= 0.3 is 0 Å². The molecule has 0 saturated heterocycles. The largest absolute Gasteiger partial charge is 0.495 e. The summed E-state index contributed by atoms with van der Waals surface area (Å²) in [6, 6.07) is 0. The minimum absolute atomic E-state index is 0.337. The Kier molecular flexibility index (Phi) is 4.21. The van der Waals surface area contributed by atoms with Gasteiger partial charge in [-0.15, -0.1) is 0 Å². The highest BCUT2D eigenvalue weighted by molar-refractivity contribution is 5.04. The van der Waals surface area contributed by atoms with Gasteiger partial charge in [0.15, 0.2) is 0 Å². The third kappa shape index (κ3) is 4.70. The van der Waals surface area contributed by atoms with Crippen LogP contribution in [0.15, 0.2) is 11.8 Å². The fraction of sp³-hybridized carbons (Fsp3) is 0.846. The van der Waals surface area contributed by atoms with Gasteiger partial charge in [-0.2, -0.15) is 0 Å². The van der Waals surface area contributed by atoms with Gasteiger partial charge < -0.3 is 9.84 Å². The zero-order valence-corrected chi connectivity index (χ0v) is 10.4. The Morgan fingerprint density at radius 2 is 2.13 bits per heavy atom. The zero-order chi connectivity index (χ0) is 11.5. The fourth-order valence-corrected chi connectivity index (χ4v) is 2.30. The zero-order valence-electron chi connectivity index (χ0n) is 10.4. The minimum atomic E-state index is -0.398. The van der Waals surface area contributed by atoms with Gasteiger partial charge in [0.05, 0.1) is 6.61 Å². The van der Waals surface area contributed by atoms with Crippen molar-refractivity contribution in [3.05, 3.63) is 11.8 Å². The first-order valence-corrected chi connectivity index (χ1v) is 5.89. The summed E-state index contributed by atoms with van der Waals surface area (Å²) < 4.78 is 5.36. The molecule has 0 aromatic carbocycles. The van der Waals surface area contributed by atoms with E-state index in [1.807, 2.05) is 6.08 Å². The summed E-state index contributed by atoms with van der Waals surface area (Å²) in [5.74, 6) is 1.32. The van der Waals surface area contributed by atoms with Crippen molar-refractivity contribution < 1.29 is 9.84 Å². The van der Waals surface area contributed by atoms with Crippen LogP contribution in [-0.2, 0) is 4.74 Å². The van der Waals surface area contributed by atoms with E-state index >= 15 is 0 Å². The molecule has 0 fully saturated rings. The molecule has 0 bridgehead atoms. The first-order valence-electron chi connectivity index (χ1n) is 5.89. The molecule has 1 rings (SSSR count). The van der Waals surface area contributed by atoms with Crippen LogP contribution in [0.5, 0.6) is 0 Å². The summed E-state index contributed by atoms with van der Waals surface area (Å²) in [4.78, 5) is 0. The molecule has 0 aliphatic carbocycles. The maximum atomic E-state index is 9.92.